The third-order valence-corrected chi connectivity index (χ3v) is 4.57. The number of rotatable bonds is 5. The van der Waals surface area contributed by atoms with E-state index in [1.807, 2.05) is 0 Å². The lowest BCUT2D eigenvalue weighted by atomic mass is 10.1. The Kier molecular flexibility index (Phi) is 5.09. The van der Waals surface area contributed by atoms with Crippen LogP contribution in [0.4, 0.5) is 0 Å². The summed E-state index contributed by atoms with van der Waals surface area (Å²) < 4.78 is 0. The largest absolute Gasteiger partial charge is 0.352 e. The lowest BCUT2D eigenvalue weighted by Gasteiger charge is -2.33. The van der Waals surface area contributed by atoms with Crippen LogP contribution < -0.4 is 10.6 Å². The molecular formula is C14H26ClN3O. The predicted molar refractivity (Wildman–Crippen MR) is 78.5 cm³/mol. The van der Waals surface area contributed by atoms with Gasteiger partial charge >= 0.3 is 0 Å². The third-order valence-electron chi connectivity index (χ3n) is 4.57. The van der Waals surface area contributed by atoms with E-state index in [1.165, 1.54) is 25.7 Å². The van der Waals surface area contributed by atoms with Crippen molar-refractivity contribution in [2.45, 2.75) is 44.7 Å². The van der Waals surface area contributed by atoms with Crippen molar-refractivity contribution in [2.75, 3.05) is 26.2 Å². The molecule has 1 heterocycles. The molecule has 0 unspecified atom stereocenters. The van der Waals surface area contributed by atoms with Crippen LogP contribution in [0.1, 0.15) is 32.6 Å². The second-order valence-electron chi connectivity index (χ2n) is 6.29. The summed E-state index contributed by atoms with van der Waals surface area (Å²) in [6.07, 6.45) is 5.30. The molecular weight excluding hydrogens is 262 g/mol. The summed E-state index contributed by atoms with van der Waals surface area (Å²) >= 11 is 0. The molecule has 0 spiro atoms. The number of nitrogens with zero attached hydrogens (tertiary/aromatic N) is 1. The highest BCUT2D eigenvalue weighted by Crippen LogP contribution is 2.44. The Morgan fingerprint density at radius 2 is 1.95 bits per heavy atom. The van der Waals surface area contributed by atoms with E-state index in [-0.39, 0.29) is 18.3 Å². The molecule has 0 radical (unpaired) electrons. The maximum atomic E-state index is 12.2. The van der Waals surface area contributed by atoms with Crippen LogP contribution in [-0.2, 0) is 4.79 Å². The molecule has 3 aliphatic rings. The highest BCUT2D eigenvalue weighted by molar-refractivity contribution is 5.85. The van der Waals surface area contributed by atoms with E-state index in [0.29, 0.717) is 18.6 Å². The molecule has 2 saturated carbocycles. The first-order valence-corrected chi connectivity index (χ1v) is 7.48. The zero-order valence-corrected chi connectivity index (χ0v) is 12.5. The number of nitrogens with one attached hydrogen (secondary N) is 2. The standard InChI is InChI=1S/C14H25N3O.ClH/c1-10-8-15-6-7-17(10)9-13(18)16-14(11-2-3-11)12-4-5-12;/h10-12,14-15H,2-9H2,1H3,(H,16,18);1H/t10-;/m1./s1. The summed E-state index contributed by atoms with van der Waals surface area (Å²) in [6, 6.07) is 0.973. The fraction of sp³-hybridized carbons (Fsp3) is 0.929. The van der Waals surface area contributed by atoms with Crippen LogP contribution in [0.3, 0.4) is 0 Å². The summed E-state index contributed by atoms with van der Waals surface area (Å²) in [5.74, 6) is 1.83. The molecule has 2 N–H and O–H groups in total. The van der Waals surface area contributed by atoms with Crippen molar-refractivity contribution >= 4 is 18.3 Å². The Morgan fingerprint density at radius 1 is 1.32 bits per heavy atom. The van der Waals surface area contributed by atoms with Gasteiger partial charge in [-0.25, -0.2) is 0 Å². The van der Waals surface area contributed by atoms with Crippen LogP contribution in [0.15, 0.2) is 0 Å². The van der Waals surface area contributed by atoms with Crippen molar-refractivity contribution in [3.8, 4) is 0 Å². The summed E-state index contributed by atoms with van der Waals surface area (Å²) in [6.45, 7) is 5.78. The van der Waals surface area contributed by atoms with Crippen molar-refractivity contribution in [1.29, 1.82) is 0 Å². The van der Waals surface area contributed by atoms with Crippen LogP contribution >= 0.6 is 12.4 Å². The SMILES string of the molecule is C[C@@H]1CNCCN1CC(=O)NC(C1CC1)C1CC1.Cl. The molecule has 1 amide bonds. The second-order valence-corrected chi connectivity index (χ2v) is 6.29. The van der Waals surface area contributed by atoms with E-state index in [2.05, 4.69) is 22.5 Å². The Morgan fingerprint density at radius 3 is 2.47 bits per heavy atom. The number of halogens is 1. The lowest BCUT2D eigenvalue weighted by Crippen LogP contribution is -2.53. The number of piperazine rings is 1. The zero-order valence-electron chi connectivity index (χ0n) is 11.7. The van der Waals surface area contributed by atoms with Crippen molar-refractivity contribution in [3.63, 3.8) is 0 Å². The molecule has 19 heavy (non-hydrogen) atoms. The van der Waals surface area contributed by atoms with Gasteiger partial charge in [-0.05, 0) is 44.4 Å². The average molecular weight is 288 g/mol. The molecule has 1 aliphatic heterocycles. The van der Waals surface area contributed by atoms with Gasteiger partial charge in [0.15, 0.2) is 0 Å². The number of hydrogen-bond donors (Lipinski definition) is 2. The Labute approximate surface area is 122 Å². The minimum absolute atomic E-state index is 0. The topological polar surface area (TPSA) is 44.4 Å². The van der Waals surface area contributed by atoms with Gasteiger partial charge in [0, 0.05) is 31.7 Å². The van der Waals surface area contributed by atoms with E-state index in [9.17, 15) is 4.79 Å². The van der Waals surface area contributed by atoms with Crippen molar-refractivity contribution in [3.05, 3.63) is 0 Å². The van der Waals surface area contributed by atoms with Crippen LogP contribution in [0.25, 0.3) is 0 Å². The molecule has 0 aromatic rings. The molecule has 5 heteroatoms. The van der Waals surface area contributed by atoms with Crippen LogP contribution in [0.2, 0.25) is 0 Å². The molecule has 0 bridgehead atoms. The normalized spacial score (nSPS) is 28.0. The van der Waals surface area contributed by atoms with Crippen molar-refractivity contribution < 1.29 is 4.79 Å². The summed E-state index contributed by atoms with van der Waals surface area (Å²) in [5, 5.41) is 6.67. The number of amides is 1. The van der Waals surface area contributed by atoms with E-state index in [4.69, 9.17) is 0 Å². The summed E-state index contributed by atoms with van der Waals surface area (Å²) in [4.78, 5) is 14.5. The van der Waals surface area contributed by atoms with Gasteiger partial charge in [-0.3, -0.25) is 9.69 Å². The van der Waals surface area contributed by atoms with Crippen LogP contribution in [-0.4, -0.2) is 49.1 Å². The Balaban J connectivity index is 0.00000133. The van der Waals surface area contributed by atoms with Gasteiger partial charge in [-0.1, -0.05) is 0 Å². The lowest BCUT2D eigenvalue weighted by molar-refractivity contribution is -0.124. The summed E-state index contributed by atoms with van der Waals surface area (Å²) in [7, 11) is 0. The first-order chi connectivity index (χ1) is 8.74. The molecule has 1 saturated heterocycles. The maximum Gasteiger partial charge on any atom is 0.234 e. The number of carbonyl (C=O) groups excluding carboxylic acids is 1. The van der Waals surface area contributed by atoms with Gasteiger partial charge in [0.2, 0.25) is 5.91 Å². The maximum absolute atomic E-state index is 12.2. The molecule has 2 aliphatic carbocycles. The fourth-order valence-corrected chi connectivity index (χ4v) is 3.07. The first-order valence-electron chi connectivity index (χ1n) is 7.48. The predicted octanol–water partition coefficient (Wildman–Crippen LogP) is 1.01. The highest BCUT2D eigenvalue weighted by atomic mass is 35.5. The Hall–Kier alpha value is -0.320. The highest BCUT2D eigenvalue weighted by Gasteiger charge is 2.42. The average Bonchev–Trinajstić information content (AvgIpc) is 3.22. The van der Waals surface area contributed by atoms with Crippen molar-refractivity contribution in [1.82, 2.24) is 15.5 Å². The van der Waals surface area contributed by atoms with E-state index < -0.39 is 0 Å². The molecule has 110 valence electrons. The smallest absolute Gasteiger partial charge is 0.234 e. The molecule has 3 fully saturated rings. The first kappa shape index (κ1) is 15.1. The quantitative estimate of drug-likeness (QED) is 0.793. The van der Waals surface area contributed by atoms with Gasteiger partial charge in [0.05, 0.1) is 6.54 Å². The molecule has 3 rings (SSSR count). The minimum Gasteiger partial charge on any atom is -0.352 e. The molecule has 0 aromatic carbocycles. The number of carbonyl (C=O) groups is 1. The van der Waals surface area contributed by atoms with Gasteiger partial charge in [-0.2, -0.15) is 0 Å². The second kappa shape index (κ2) is 6.42. The van der Waals surface area contributed by atoms with Crippen LogP contribution in [0, 0.1) is 11.8 Å². The van der Waals surface area contributed by atoms with E-state index in [0.717, 1.165) is 31.5 Å². The van der Waals surface area contributed by atoms with E-state index >= 15 is 0 Å². The van der Waals surface area contributed by atoms with Gasteiger partial charge in [-0.15, -0.1) is 12.4 Å². The van der Waals surface area contributed by atoms with Crippen molar-refractivity contribution in [2.24, 2.45) is 11.8 Å². The van der Waals surface area contributed by atoms with E-state index in [1.54, 1.807) is 0 Å². The molecule has 4 nitrogen and oxygen atoms in total. The monoisotopic (exact) mass is 287 g/mol. The molecule has 0 aromatic heterocycles. The van der Waals surface area contributed by atoms with Gasteiger partial charge in [0.1, 0.15) is 0 Å². The minimum atomic E-state index is 0. The van der Waals surface area contributed by atoms with Gasteiger partial charge in [0.25, 0.3) is 0 Å². The summed E-state index contributed by atoms with van der Waals surface area (Å²) in [5.41, 5.74) is 0. The number of hydrogen-bond acceptors (Lipinski definition) is 3. The zero-order chi connectivity index (χ0) is 12.5. The molecule has 1 atom stereocenters. The fourth-order valence-electron chi connectivity index (χ4n) is 3.07. The van der Waals surface area contributed by atoms with Crippen LogP contribution in [0.5, 0.6) is 0 Å². The third kappa shape index (κ3) is 4.07. The Bertz CT molecular complexity index is 306. The van der Waals surface area contributed by atoms with Gasteiger partial charge < -0.3 is 10.6 Å².